The molecule has 2 fully saturated rings. The SMILES string of the molecule is COC(=O)[C@H]1CN(C2c3ccc(Cl)cc3OCc3cccnc32)CCN1B(C)O.COC(=O)[C@H]1CNCCN1B(C)O.Clc1ccc2c(c1)OCc1cccnc1C2Cl.OC1c2ccc(Cl)cc2OCc2cccnc21. The summed E-state index contributed by atoms with van der Waals surface area (Å²) in [6.45, 7) is 8.17. The number of nitrogens with zero attached hydrogens (tertiary/aromatic N) is 6. The number of methoxy groups -OCH3 is 2. The summed E-state index contributed by atoms with van der Waals surface area (Å²) in [6, 6.07) is 26.7. The maximum absolute atomic E-state index is 12.5. The molecule has 5 aliphatic heterocycles. The average molecular weight is 1120 g/mol. The van der Waals surface area contributed by atoms with Crippen molar-refractivity contribution >= 4 is 72.4 Å². The molecule has 3 unspecified atom stereocenters. The lowest BCUT2D eigenvalue weighted by atomic mass is 9.81. The Morgan fingerprint density at radius 1 is 0.632 bits per heavy atom. The lowest BCUT2D eigenvalue weighted by Gasteiger charge is -2.43. The van der Waals surface area contributed by atoms with Crippen molar-refractivity contribution in [1.29, 1.82) is 0 Å². The van der Waals surface area contributed by atoms with Crippen LogP contribution in [0.15, 0.2) is 110 Å². The van der Waals surface area contributed by atoms with Crippen molar-refractivity contribution in [3.8, 4) is 17.2 Å². The van der Waals surface area contributed by atoms with E-state index in [0.717, 1.165) is 51.5 Å². The fourth-order valence-electron chi connectivity index (χ4n) is 9.65. The first-order valence-corrected chi connectivity index (χ1v) is 26.1. The number of hydrogen-bond donors (Lipinski definition) is 4. The molecule has 6 aromatic rings. The molecule has 0 bridgehead atoms. The molecule has 17 nitrogen and oxygen atoms in total. The Bertz CT molecular complexity index is 2890. The van der Waals surface area contributed by atoms with E-state index in [1.165, 1.54) is 14.2 Å². The van der Waals surface area contributed by atoms with E-state index >= 15 is 0 Å². The van der Waals surface area contributed by atoms with Crippen LogP contribution in [0.1, 0.15) is 68.0 Å². The largest absolute Gasteiger partial charge is 0.488 e. The number of halogens is 4. The Hall–Kier alpha value is -5.54. The summed E-state index contributed by atoms with van der Waals surface area (Å²) in [5.41, 5.74) is 7.89. The maximum atomic E-state index is 12.5. The van der Waals surface area contributed by atoms with E-state index in [2.05, 4.69) is 29.9 Å². The Morgan fingerprint density at radius 2 is 1.09 bits per heavy atom. The minimum absolute atomic E-state index is 0.190. The van der Waals surface area contributed by atoms with Gasteiger partial charge in [0, 0.05) is 106 Å². The van der Waals surface area contributed by atoms with Crippen molar-refractivity contribution in [2.24, 2.45) is 0 Å². The van der Waals surface area contributed by atoms with Gasteiger partial charge in [0.1, 0.15) is 60.6 Å². The maximum Gasteiger partial charge on any atom is 0.377 e. The summed E-state index contributed by atoms with van der Waals surface area (Å²) in [6.07, 6.45) is 4.43. The van der Waals surface area contributed by atoms with E-state index in [9.17, 15) is 24.7 Å². The van der Waals surface area contributed by atoms with Crippen LogP contribution in [-0.4, -0.2) is 136 Å². The van der Waals surface area contributed by atoms with E-state index in [1.54, 1.807) is 66.1 Å². The Morgan fingerprint density at radius 3 is 1.66 bits per heavy atom. The number of benzene rings is 3. The van der Waals surface area contributed by atoms with Gasteiger partial charge >= 0.3 is 26.0 Å². The minimum Gasteiger partial charge on any atom is -0.488 e. The summed E-state index contributed by atoms with van der Waals surface area (Å²) in [7, 11) is 1.38. The Balaban J connectivity index is 0.000000141. The highest BCUT2D eigenvalue weighted by molar-refractivity contribution is 6.46. The zero-order valence-electron chi connectivity index (χ0n) is 42.2. The van der Waals surface area contributed by atoms with Gasteiger partial charge in [-0.1, -0.05) is 71.2 Å². The van der Waals surface area contributed by atoms with Crippen molar-refractivity contribution in [2.75, 3.05) is 53.5 Å². The van der Waals surface area contributed by atoms with Gasteiger partial charge in [-0.2, -0.15) is 0 Å². The monoisotopic (exact) mass is 1110 g/mol. The fraction of sp³-hybridized carbons (Fsp3) is 0.340. The molecule has 0 spiro atoms. The van der Waals surface area contributed by atoms with Gasteiger partial charge in [0.2, 0.25) is 0 Å². The number of carbonyl (C=O) groups excluding carboxylic acids is 2. The summed E-state index contributed by atoms with van der Waals surface area (Å²) < 4.78 is 27.0. The highest BCUT2D eigenvalue weighted by Gasteiger charge is 2.42. The van der Waals surface area contributed by atoms with Gasteiger partial charge in [0.25, 0.3) is 0 Å². The Labute approximate surface area is 462 Å². The van der Waals surface area contributed by atoms with Crippen LogP contribution in [0.4, 0.5) is 0 Å². The molecule has 2 saturated heterocycles. The van der Waals surface area contributed by atoms with Gasteiger partial charge in [-0.25, -0.2) is 0 Å². The number of fused-ring (bicyclic) bond motifs is 6. The van der Waals surface area contributed by atoms with Crippen LogP contribution in [-0.2, 0) is 38.9 Å². The average Bonchev–Trinajstić information content (AvgIpc) is 3.79. The van der Waals surface area contributed by atoms with Crippen LogP contribution in [0.3, 0.4) is 0 Å². The number of alkyl halides is 1. The molecule has 4 N–H and O–H groups in total. The molecule has 5 aliphatic rings. The number of pyridine rings is 3. The predicted octanol–water partition coefficient (Wildman–Crippen LogP) is 7.19. The van der Waals surface area contributed by atoms with Gasteiger partial charge in [0.05, 0.1) is 37.3 Å². The number of nitrogens with one attached hydrogen (secondary N) is 1. The fourth-order valence-corrected chi connectivity index (χ4v) is 10.5. The molecule has 3 aromatic carbocycles. The molecule has 0 saturated carbocycles. The molecule has 76 heavy (non-hydrogen) atoms. The van der Waals surface area contributed by atoms with E-state index in [1.807, 2.05) is 66.7 Å². The first kappa shape index (κ1) is 56.7. The van der Waals surface area contributed by atoms with Gasteiger partial charge < -0.3 is 53.8 Å². The molecule has 3 aromatic heterocycles. The van der Waals surface area contributed by atoms with Crippen molar-refractivity contribution in [1.82, 2.24) is 34.8 Å². The topological polar surface area (TPSA) is 201 Å². The summed E-state index contributed by atoms with van der Waals surface area (Å²) >= 11 is 24.5. The van der Waals surface area contributed by atoms with Crippen molar-refractivity contribution in [3.05, 3.63) is 175 Å². The van der Waals surface area contributed by atoms with Gasteiger partial charge in [0.15, 0.2) is 0 Å². The van der Waals surface area contributed by atoms with Crippen LogP contribution in [0.25, 0.3) is 0 Å². The van der Waals surface area contributed by atoms with Crippen LogP contribution < -0.4 is 19.5 Å². The quantitative estimate of drug-likeness (QED) is 0.0767. The zero-order chi connectivity index (χ0) is 54.0. The normalized spacial score (nSPS) is 20.4. The number of esters is 2. The molecule has 0 amide bonds. The molecule has 23 heteroatoms. The number of carbonyl (C=O) groups is 2. The summed E-state index contributed by atoms with van der Waals surface area (Å²) in [4.78, 5) is 42.6. The van der Waals surface area contributed by atoms with Crippen LogP contribution in [0.5, 0.6) is 17.2 Å². The number of aliphatic hydroxyl groups is 1. The van der Waals surface area contributed by atoms with Crippen molar-refractivity contribution in [3.63, 3.8) is 0 Å². The molecule has 11 rings (SSSR count). The van der Waals surface area contributed by atoms with E-state index in [-0.39, 0.29) is 29.4 Å². The first-order chi connectivity index (χ1) is 36.7. The number of piperazine rings is 2. The van der Waals surface area contributed by atoms with Crippen molar-refractivity contribution < 1.29 is 48.4 Å². The number of rotatable bonds is 5. The highest BCUT2D eigenvalue weighted by Crippen LogP contribution is 2.42. The molecule has 398 valence electrons. The zero-order valence-corrected chi connectivity index (χ0v) is 45.2. The second kappa shape index (κ2) is 26.2. The second-order valence-electron chi connectivity index (χ2n) is 18.2. The number of aliphatic hydroxyl groups excluding tert-OH is 1. The lowest BCUT2D eigenvalue weighted by Crippen LogP contribution is -2.61. The number of hydrogen-bond acceptors (Lipinski definition) is 17. The number of ether oxygens (including phenoxy) is 5. The van der Waals surface area contributed by atoms with Crippen molar-refractivity contribution in [2.45, 2.75) is 63.1 Å². The van der Waals surface area contributed by atoms with Gasteiger partial charge in [-0.15, -0.1) is 11.6 Å². The molecule has 8 heterocycles. The third-order valence-corrected chi connectivity index (χ3v) is 14.6. The highest BCUT2D eigenvalue weighted by atomic mass is 35.5. The van der Waals surface area contributed by atoms with E-state index in [0.29, 0.717) is 90.4 Å². The number of aromatic nitrogens is 3. The predicted molar refractivity (Wildman–Crippen MR) is 291 cm³/mol. The van der Waals surface area contributed by atoms with E-state index < -0.39 is 26.2 Å². The third kappa shape index (κ3) is 13.2. The van der Waals surface area contributed by atoms with E-state index in [4.69, 9.17) is 65.4 Å². The molecular formula is C53H57B2Cl4N7O10. The molecule has 0 radical (unpaired) electrons. The van der Waals surface area contributed by atoms with Gasteiger partial charge in [-0.05, 0) is 68.2 Å². The smallest absolute Gasteiger partial charge is 0.377 e. The second-order valence-corrected chi connectivity index (χ2v) is 20.0. The minimum atomic E-state index is -0.763. The summed E-state index contributed by atoms with van der Waals surface area (Å²) in [5, 5.41) is 34.4. The molecule has 0 aliphatic carbocycles. The first-order valence-electron chi connectivity index (χ1n) is 24.6. The summed E-state index contributed by atoms with van der Waals surface area (Å²) in [5.74, 6) is 1.40. The van der Waals surface area contributed by atoms with Crippen LogP contribution >= 0.6 is 46.4 Å². The molecular weight excluding hydrogens is 1060 g/mol. The molecule has 5 atom stereocenters. The standard InChI is InChI=1S/C20H23BClN3O4.C13H9Cl2NO.C13H10ClNO2.C7H15BN2O3/c1-21(27)25-9-8-24(11-16(25)20(26)28-2)19-15-6-5-14(22)10-17(15)29-12-13-4-3-7-23-18(13)19;14-9-3-4-10-11(6-9)17-7-8-2-1-5-16-13(8)12(10)15;14-9-3-4-10-11(6-9)17-7-8-2-1-5-15-12(8)13(10)16;1-8(12)10-4-3-9-5-6(10)7(11)13-2/h3-7,10,16,19,27H,8-9,11-12H2,1-2H3;1-6,12H,7H2;1-6,13,16H,7H2;6,9,12H,3-5H2,1-2H3/t16-,19?;;;6-/m1..1/s1. The Kier molecular flexibility index (Phi) is 19.5. The van der Waals surface area contributed by atoms with Crippen LogP contribution in [0, 0.1) is 0 Å². The third-order valence-electron chi connectivity index (χ3n) is 13.5. The lowest BCUT2D eigenvalue weighted by molar-refractivity contribution is -0.148. The van der Waals surface area contributed by atoms with Gasteiger partial charge in [-0.3, -0.25) is 29.4 Å². The van der Waals surface area contributed by atoms with Crippen LogP contribution in [0.2, 0.25) is 28.7 Å².